The number of nitrogens with one attached hydrogen (secondary N) is 3. The van der Waals surface area contributed by atoms with Gasteiger partial charge in [-0.2, -0.15) is 0 Å². The molecule has 9 heteroatoms. The fourth-order valence-electron chi connectivity index (χ4n) is 3.10. The van der Waals surface area contributed by atoms with Gasteiger partial charge in [-0.3, -0.25) is 15.0 Å². The van der Waals surface area contributed by atoms with Crippen molar-refractivity contribution in [2.75, 3.05) is 31.3 Å². The minimum absolute atomic E-state index is 0.0869. The predicted octanol–water partition coefficient (Wildman–Crippen LogP) is 3.99. The highest BCUT2D eigenvalue weighted by atomic mass is 19.1. The molecule has 2 aromatic carbocycles. The molecule has 0 aliphatic carbocycles. The minimum Gasteiger partial charge on any atom is -0.497 e. The number of aromatic nitrogens is 1. The Kier molecular flexibility index (Phi) is 7.79. The van der Waals surface area contributed by atoms with Crippen LogP contribution in [0.25, 0.3) is 0 Å². The highest BCUT2D eigenvalue weighted by molar-refractivity contribution is 6.12. The first-order valence-electron chi connectivity index (χ1n) is 10.6. The second kappa shape index (κ2) is 10.9. The summed E-state index contributed by atoms with van der Waals surface area (Å²) < 4.78 is 20.0. The normalized spacial score (nSPS) is 10.1. The molecule has 0 unspecified atom stereocenters. The van der Waals surface area contributed by atoms with Gasteiger partial charge in [-0.05, 0) is 49.4 Å². The molecule has 178 valence electrons. The minimum atomic E-state index is -0.786. The van der Waals surface area contributed by atoms with Gasteiger partial charge < -0.3 is 20.3 Å². The van der Waals surface area contributed by atoms with Crippen LogP contribution in [0.2, 0.25) is 0 Å². The van der Waals surface area contributed by atoms with Crippen LogP contribution in [0.3, 0.4) is 0 Å². The van der Waals surface area contributed by atoms with Crippen LogP contribution in [0.15, 0.2) is 54.7 Å². The zero-order chi connectivity index (χ0) is 25.5. The van der Waals surface area contributed by atoms with E-state index < -0.39 is 17.6 Å². The standard InChI is InChI=1S/C26H24FN5O3/c1-5-16-7-12-23(29-15-16)31-26(34)20-14-18(35-4)9-11-22(20)30-25(33)19-10-8-17(13-21(19)27)24(28)32(3)6-2/h1,7-15,28H,6H2,2-4H3,(H,30,33)(H,29,31,34). The smallest absolute Gasteiger partial charge is 0.259 e. The third-order valence-electron chi connectivity index (χ3n) is 5.23. The molecule has 0 saturated carbocycles. The third kappa shape index (κ3) is 5.81. The molecule has 0 atom stereocenters. The van der Waals surface area contributed by atoms with Crippen molar-refractivity contribution in [1.29, 1.82) is 5.41 Å². The van der Waals surface area contributed by atoms with Gasteiger partial charge in [0.15, 0.2) is 0 Å². The highest BCUT2D eigenvalue weighted by Gasteiger charge is 2.19. The Bertz CT molecular complexity index is 1320. The number of hydrogen-bond donors (Lipinski definition) is 3. The van der Waals surface area contributed by atoms with Gasteiger partial charge in [-0.25, -0.2) is 9.37 Å². The number of terminal acetylenes is 1. The summed E-state index contributed by atoms with van der Waals surface area (Å²) in [7, 11) is 3.16. The largest absolute Gasteiger partial charge is 0.497 e. The maximum absolute atomic E-state index is 14.8. The maximum atomic E-state index is 14.8. The van der Waals surface area contributed by atoms with E-state index in [0.717, 1.165) is 6.07 Å². The summed E-state index contributed by atoms with van der Waals surface area (Å²) in [6.45, 7) is 2.45. The monoisotopic (exact) mass is 473 g/mol. The lowest BCUT2D eigenvalue weighted by Crippen LogP contribution is -2.26. The third-order valence-corrected chi connectivity index (χ3v) is 5.23. The van der Waals surface area contributed by atoms with Crippen LogP contribution in [0.1, 0.15) is 38.8 Å². The van der Waals surface area contributed by atoms with Crippen molar-refractivity contribution in [2.45, 2.75) is 6.92 Å². The average Bonchev–Trinajstić information content (AvgIpc) is 2.88. The van der Waals surface area contributed by atoms with Gasteiger partial charge in [0.05, 0.1) is 23.9 Å². The van der Waals surface area contributed by atoms with Crippen LogP contribution >= 0.6 is 0 Å². The van der Waals surface area contributed by atoms with E-state index in [-0.39, 0.29) is 28.5 Å². The number of halogens is 1. The fraction of sp³-hybridized carbons (Fsp3) is 0.154. The van der Waals surface area contributed by atoms with Gasteiger partial charge in [-0.1, -0.05) is 12.0 Å². The van der Waals surface area contributed by atoms with E-state index in [0.29, 0.717) is 23.4 Å². The molecule has 0 aliphatic heterocycles. The molecular formula is C26H24FN5O3. The number of methoxy groups -OCH3 is 1. The molecule has 0 spiro atoms. The number of benzene rings is 2. The van der Waals surface area contributed by atoms with Gasteiger partial charge >= 0.3 is 0 Å². The van der Waals surface area contributed by atoms with Gasteiger partial charge in [0.25, 0.3) is 11.8 Å². The van der Waals surface area contributed by atoms with E-state index in [2.05, 4.69) is 21.5 Å². The summed E-state index contributed by atoms with van der Waals surface area (Å²) in [6.07, 6.45) is 6.76. The first-order chi connectivity index (χ1) is 16.8. The summed E-state index contributed by atoms with van der Waals surface area (Å²) in [5.41, 5.74) is 0.909. The van der Waals surface area contributed by atoms with Crippen LogP contribution in [0, 0.1) is 23.6 Å². The van der Waals surface area contributed by atoms with Crippen molar-refractivity contribution in [1.82, 2.24) is 9.88 Å². The van der Waals surface area contributed by atoms with Crippen LogP contribution < -0.4 is 15.4 Å². The number of carbonyl (C=O) groups excluding carboxylic acids is 2. The second-order valence-electron chi connectivity index (χ2n) is 7.45. The molecule has 0 bridgehead atoms. The fourth-order valence-corrected chi connectivity index (χ4v) is 3.10. The number of hydrogen-bond acceptors (Lipinski definition) is 5. The number of pyridine rings is 1. The van der Waals surface area contributed by atoms with Crippen LogP contribution in [0.5, 0.6) is 5.75 Å². The SMILES string of the molecule is C#Cc1ccc(NC(=O)c2cc(OC)ccc2NC(=O)c2ccc(C(=N)N(C)CC)cc2F)nc1. The Labute approximate surface area is 202 Å². The second-order valence-corrected chi connectivity index (χ2v) is 7.45. The van der Waals surface area contributed by atoms with Gasteiger partial charge in [0.2, 0.25) is 0 Å². The molecule has 0 radical (unpaired) electrons. The van der Waals surface area contributed by atoms with Crippen LogP contribution in [-0.2, 0) is 0 Å². The zero-order valence-electron chi connectivity index (χ0n) is 19.5. The van der Waals surface area contributed by atoms with E-state index >= 15 is 0 Å². The number of ether oxygens (including phenoxy) is 1. The molecule has 1 heterocycles. The Morgan fingerprint density at radius 3 is 2.46 bits per heavy atom. The van der Waals surface area contributed by atoms with E-state index in [1.165, 1.54) is 37.6 Å². The number of rotatable bonds is 7. The van der Waals surface area contributed by atoms with Crippen molar-refractivity contribution in [2.24, 2.45) is 0 Å². The first kappa shape index (κ1) is 24.9. The lowest BCUT2D eigenvalue weighted by atomic mass is 10.1. The zero-order valence-corrected chi connectivity index (χ0v) is 19.5. The van der Waals surface area contributed by atoms with E-state index in [4.69, 9.17) is 16.6 Å². The van der Waals surface area contributed by atoms with Gasteiger partial charge in [0, 0.05) is 30.9 Å². The van der Waals surface area contributed by atoms with Crippen molar-refractivity contribution < 1.29 is 18.7 Å². The quantitative estimate of drug-likeness (QED) is 0.273. The van der Waals surface area contributed by atoms with Crippen molar-refractivity contribution in [3.8, 4) is 18.1 Å². The number of nitrogens with zero attached hydrogens (tertiary/aromatic N) is 2. The molecule has 35 heavy (non-hydrogen) atoms. The summed E-state index contributed by atoms with van der Waals surface area (Å²) >= 11 is 0. The molecule has 8 nitrogen and oxygen atoms in total. The maximum Gasteiger partial charge on any atom is 0.259 e. The molecule has 0 saturated heterocycles. The lowest BCUT2D eigenvalue weighted by molar-refractivity contribution is 0.102. The van der Waals surface area contributed by atoms with Gasteiger partial charge in [0.1, 0.15) is 23.2 Å². The van der Waals surface area contributed by atoms with E-state index in [1.807, 2.05) is 6.92 Å². The Morgan fingerprint density at radius 2 is 1.86 bits per heavy atom. The van der Waals surface area contributed by atoms with Crippen LogP contribution in [-0.4, -0.2) is 48.2 Å². The van der Waals surface area contributed by atoms with Gasteiger partial charge in [-0.15, -0.1) is 6.42 Å². The Balaban J connectivity index is 1.86. The Hall–Kier alpha value is -4.71. The molecular weight excluding hydrogens is 449 g/mol. The summed E-state index contributed by atoms with van der Waals surface area (Å²) in [5, 5.41) is 13.3. The molecule has 0 fully saturated rings. The van der Waals surface area contributed by atoms with Crippen molar-refractivity contribution >= 4 is 29.2 Å². The van der Waals surface area contributed by atoms with E-state index in [9.17, 15) is 14.0 Å². The number of carbonyl (C=O) groups is 2. The molecule has 2 amide bonds. The van der Waals surface area contributed by atoms with Crippen LogP contribution in [0.4, 0.5) is 15.9 Å². The predicted molar refractivity (Wildman–Crippen MR) is 133 cm³/mol. The van der Waals surface area contributed by atoms with Crippen molar-refractivity contribution in [3.63, 3.8) is 0 Å². The Morgan fingerprint density at radius 1 is 1.11 bits per heavy atom. The number of amides is 2. The molecule has 3 aromatic rings. The summed E-state index contributed by atoms with van der Waals surface area (Å²) in [4.78, 5) is 31.5. The summed E-state index contributed by atoms with van der Waals surface area (Å²) in [5.74, 6) is 1.12. The molecule has 0 aliphatic rings. The van der Waals surface area contributed by atoms with Crippen molar-refractivity contribution in [3.05, 3.63) is 82.8 Å². The number of anilines is 2. The summed E-state index contributed by atoms with van der Waals surface area (Å²) in [6, 6.07) is 11.6. The van der Waals surface area contributed by atoms with E-state index in [1.54, 1.807) is 30.1 Å². The molecule has 3 rings (SSSR count). The molecule has 3 N–H and O–H groups in total. The highest BCUT2D eigenvalue weighted by Crippen LogP contribution is 2.24. The number of amidine groups is 1. The average molecular weight is 474 g/mol. The lowest BCUT2D eigenvalue weighted by Gasteiger charge is -2.18. The first-order valence-corrected chi connectivity index (χ1v) is 10.6. The molecule has 1 aromatic heterocycles. The topological polar surface area (TPSA) is 107 Å².